The quantitative estimate of drug-likeness (QED) is 0.372. The number of carbonyl (C=O) groups is 1. The van der Waals surface area contributed by atoms with E-state index in [2.05, 4.69) is 5.10 Å². The van der Waals surface area contributed by atoms with Crippen LogP contribution in [-0.2, 0) is 4.79 Å². The molecule has 25 heavy (non-hydrogen) atoms. The molecular formula is C17H11FN2O3S2. The zero-order valence-electron chi connectivity index (χ0n) is 12.6. The summed E-state index contributed by atoms with van der Waals surface area (Å²) in [4.78, 5) is 12.8. The Morgan fingerprint density at radius 2 is 1.76 bits per heavy atom. The number of aromatic hydroxyl groups is 2. The standard InChI is InChI=1S/C17H11FN2O3S2/c18-12-4-1-10(2-5-12)8-15-16(23)20(17(24)25-15)19-9-11-3-6-13(21)14(22)7-11/h1-9,21-22H/b15-8+,19-9+. The van der Waals surface area contributed by atoms with Gasteiger partial charge >= 0.3 is 0 Å². The smallest absolute Gasteiger partial charge is 0.286 e. The van der Waals surface area contributed by atoms with E-state index in [1.807, 2.05) is 0 Å². The number of hydrogen-bond acceptors (Lipinski definition) is 6. The number of halogens is 1. The molecule has 2 aromatic rings. The van der Waals surface area contributed by atoms with E-state index in [9.17, 15) is 19.4 Å². The van der Waals surface area contributed by atoms with Crippen molar-refractivity contribution in [3.8, 4) is 11.5 Å². The topological polar surface area (TPSA) is 73.1 Å². The molecular weight excluding hydrogens is 363 g/mol. The van der Waals surface area contributed by atoms with Crippen LogP contribution in [-0.4, -0.2) is 31.7 Å². The average Bonchev–Trinajstić information content (AvgIpc) is 2.84. The van der Waals surface area contributed by atoms with Gasteiger partial charge in [0.1, 0.15) is 5.82 Å². The monoisotopic (exact) mass is 374 g/mol. The average molecular weight is 374 g/mol. The van der Waals surface area contributed by atoms with E-state index in [1.165, 1.54) is 36.5 Å². The van der Waals surface area contributed by atoms with E-state index in [0.717, 1.165) is 16.8 Å². The van der Waals surface area contributed by atoms with Crippen LogP contribution in [0.2, 0.25) is 0 Å². The maximum Gasteiger partial charge on any atom is 0.286 e. The summed E-state index contributed by atoms with van der Waals surface area (Å²) >= 11 is 6.25. The fourth-order valence-corrected chi connectivity index (χ4v) is 3.19. The van der Waals surface area contributed by atoms with Crippen LogP contribution in [0.25, 0.3) is 6.08 Å². The number of thioether (sulfide) groups is 1. The zero-order valence-corrected chi connectivity index (χ0v) is 14.2. The minimum absolute atomic E-state index is 0.245. The van der Waals surface area contributed by atoms with Gasteiger partial charge < -0.3 is 10.2 Å². The third-order valence-electron chi connectivity index (χ3n) is 3.26. The molecule has 0 saturated carbocycles. The first-order valence-electron chi connectivity index (χ1n) is 7.03. The van der Waals surface area contributed by atoms with E-state index in [4.69, 9.17) is 12.2 Å². The van der Waals surface area contributed by atoms with Crippen LogP contribution in [0.15, 0.2) is 52.5 Å². The number of phenols is 2. The van der Waals surface area contributed by atoms with Crippen molar-refractivity contribution < 1.29 is 19.4 Å². The first kappa shape index (κ1) is 17.1. The van der Waals surface area contributed by atoms with Gasteiger partial charge in [0.05, 0.1) is 11.1 Å². The summed E-state index contributed by atoms with van der Waals surface area (Å²) in [5.74, 6) is -1.28. The second kappa shape index (κ2) is 7.04. The van der Waals surface area contributed by atoms with Crippen LogP contribution in [0.5, 0.6) is 11.5 Å². The Kier molecular flexibility index (Phi) is 4.82. The van der Waals surface area contributed by atoms with Crippen molar-refractivity contribution in [2.75, 3.05) is 0 Å². The van der Waals surface area contributed by atoms with Gasteiger partial charge in [-0.2, -0.15) is 10.1 Å². The van der Waals surface area contributed by atoms with Crippen molar-refractivity contribution in [2.24, 2.45) is 5.10 Å². The predicted octanol–water partition coefficient (Wildman–Crippen LogP) is 3.47. The second-order valence-electron chi connectivity index (χ2n) is 5.04. The molecule has 0 bridgehead atoms. The largest absolute Gasteiger partial charge is 0.504 e. The summed E-state index contributed by atoms with van der Waals surface area (Å²) in [5, 5.41) is 23.9. The number of benzene rings is 2. The number of rotatable bonds is 3. The number of hydrazone groups is 1. The molecule has 0 aromatic heterocycles. The summed E-state index contributed by atoms with van der Waals surface area (Å²) in [6, 6.07) is 9.89. The Bertz CT molecular complexity index is 911. The third-order valence-corrected chi connectivity index (χ3v) is 4.55. The van der Waals surface area contributed by atoms with Gasteiger partial charge in [0.2, 0.25) is 0 Å². The van der Waals surface area contributed by atoms with E-state index >= 15 is 0 Å². The highest BCUT2D eigenvalue weighted by atomic mass is 32.2. The molecule has 1 saturated heterocycles. The van der Waals surface area contributed by atoms with Gasteiger partial charge in [-0.15, -0.1) is 0 Å². The van der Waals surface area contributed by atoms with Crippen molar-refractivity contribution in [1.29, 1.82) is 0 Å². The van der Waals surface area contributed by atoms with E-state index in [1.54, 1.807) is 18.2 Å². The highest BCUT2D eigenvalue weighted by Crippen LogP contribution is 2.33. The van der Waals surface area contributed by atoms with Gasteiger partial charge in [0, 0.05) is 0 Å². The van der Waals surface area contributed by atoms with Gasteiger partial charge in [-0.05, 0) is 59.8 Å². The molecule has 1 heterocycles. The molecule has 2 aromatic carbocycles. The number of carbonyl (C=O) groups excluding carboxylic acids is 1. The maximum atomic E-state index is 12.9. The fraction of sp³-hybridized carbons (Fsp3) is 0. The summed E-state index contributed by atoms with van der Waals surface area (Å²) in [6.07, 6.45) is 2.96. The van der Waals surface area contributed by atoms with Crippen LogP contribution < -0.4 is 0 Å². The van der Waals surface area contributed by atoms with E-state index in [0.29, 0.717) is 16.0 Å². The highest BCUT2D eigenvalue weighted by molar-refractivity contribution is 8.26. The summed E-state index contributed by atoms with van der Waals surface area (Å²) in [5.41, 5.74) is 1.17. The van der Waals surface area contributed by atoms with E-state index < -0.39 is 5.91 Å². The predicted molar refractivity (Wildman–Crippen MR) is 98.8 cm³/mol. The Morgan fingerprint density at radius 1 is 1.08 bits per heavy atom. The first-order chi connectivity index (χ1) is 11.9. The lowest BCUT2D eigenvalue weighted by Crippen LogP contribution is -2.22. The van der Waals surface area contributed by atoms with Crippen molar-refractivity contribution in [1.82, 2.24) is 5.01 Å². The number of thiocarbonyl (C=S) groups is 1. The van der Waals surface area contributed by atoms with Crippen LogP contribution in [0.4, 0.5) is 4.39 Å². The lowest BCUT2D eigenvalue weighted by atomic mass is 10.2. The van der Waals surface area contributed by atoms with Gasteiger partial charge in [0.15, 0.2) is 15.8 Å². The lowest BCUT2D eigenvalue weighted by molar-refractivity contribution is -0.122. The molecule has 1 amide bonds. The van der Waals surface area contributed by atoms with Crippen LogP contribution in [0.3, 0.4) is 0 Å². The third kappa shape index (κ3) is 3.86. The van der Waals surface area contributed by atoms with Gasteiger partial charge in [-0.1, -0.05) is 23.9 Å². The van der Waals surface area contributed by atoms with Crippen LogP contribution >= 0.6 is 24.0 Å². The molecule has 8 heteroatoms. The number of hydrogen-bond donors (Lipinski definition) is 2. The lowest BCUT2D eigenvalue weighted by Gasteiger charge is -2.06. The Hall–Kier alpha value is -2.71. The summed E-state index contributed by atoms with van der Waals surface area (Å²) in [6.45, 7) is 0. The number of nitrogens with zero attached hydrogens (tertiary/aromatic N) is 2. The number of phenolic OH excluding ortho intramolecular Hbond substituents is 2. The molecule has 2 N–H and O–H groups in total. The van der Waals surface area contributed by atoms with Gasteiger partial charge in [-0.3, -0.25) is 4.79 Å². The fourth-order valence-electron chi connectivity index (χ4n) is 2.01. The molecule has 3 rings (SSSR count). The normalized spacial score (nSPS) is 16.4. The molecule has 5 nitrogen and oxygen atoms in total. The molecule has 0 unspecified atom stereocenters. The molecule has 0 atom stereocenters. The van der Waals surface area contributed by atoms with E-state index in [-0.39, 0.29) is 21.6 Å². The minimum atomic E-state index is -0.390. The van der Waals surface area contributed by atoms with Crippen molar-refractivity contribution in [2.45, 2.75) is 0 Å². The number of amides is 1. The summed E-state index contributed by atoms with van der Waals surface area (Å²) in [7, 11) is 0. The molecule has 0 aliphatic carbocycles. The molecule has 126 valence electrons. The molecule has 0 spiro atoms. The minimum Gasteiger partial charge on any atom is -0.504 e. The first-order valence-corrected chi connectivity index (χ1v) is 8.26. The Morgan fingerprint density at radius 3 is 2.44 bits per heavy atom. The Balaban J connectivity index is 1.80. The molecule has 1 fully saturated rings. The second-order valence-corrected chi connectivity index (χ2v) is 6.71. The van der Waals surface area contributed by atoms with Gasteiger partial charge in [0.25, 0.3) is 5.91 Å². The molecule has 1 aliphatic heterocycles. The van der Waals surface area contributed by atoms with Crippen molar-refractivity contribution >= 4 is 46.5 Å². The highest BCUT2D eigenvalue weighted by Gasteiger charge is 2.32. The molecule has 0 radical (unpaired) electrons. The van der Waals surface area contributed by atoms with Crippen molar-refractivity contribution in [3.05, 3.63) is 64.3 Å². The SMILES string of the molecule is O=C1/C(=C\c2ccc(F)cc2)SC(=S)N1/N=C/c1ccc(O)c(O)c1. The van der Waals surface area contributed by atoms with Crippen molar-refractivity contribution in [3.63, 3.8) is 0 Å². The maximum absolute atomic E-state index is 12.9. The van der Waals surface area contributed by atoms with Crippen LogP contribution in [0, 0.1) is 5.82 Å². The summed E-state index contributed by atoms with van der Waals surface area (Å²) < 4.78 is 13.2. The molecule has 1 aliphatic rings. The zero-order chi connectivity index (χ0) is 18.0. The van der Waals surface area contributed by atoms with Gasteiger partial charge in [-0.25, -0.2) is 4.39 Å². The Labute approximate surface area is 152 Å². The van der Waals surface area contributed by atoms with Crippen LogP contribution in [0.1, 0.15) is 11.1 Å².